The van der Waals surface area contributed by atoms with E-state index in [9.17, 15) is 0 Å². The highest BCUT2D eigenvalue weighted by Gasteiger charge is 2.01. The summed E-state index contributed by atoms with van der Waals surface area (Å²) in [5, 5.41) is 0.262. The molecule has 0 bridgehead atoms. The van der Waals surface area contributed by atoms with Crippen molar-refractivity contribution in [3.05, 3.63) is 48.0 Å². The largest absolute Gasteiger partial charge is 0.171 e. The molecule has 13 heavy (non-hydrogen) atoms. The van der Waals surface area contributed by atoms with Gasteiger partial charge in [0, 0.05) is 5.25 Å². The molecule has 1 rings (SSSR count). The smallest absolute Gasteiger partial charge is 0.0239 e. The molecule has 0 aromatic heterocycles. The van der Waals surface area contributed by atoms with Crippen LogP contribution >= 0.6 is 12.6 Å². The van der Waals surface area contributed by atoms with Crippen LogP contribution in [0.25, 0.3) is 12.2 Å². The molecule has 0 aliphatic rings. The maximum absolute atomic E-state index is 4.38. The van der Waals surface area contributed by atoms with Crippen LogP contribution in [0.3, 0.4) is 0 Å². The van der Waals surface area contributed by atoms with Gasteiger partial charge in [0.1, 0.15) is 0 Å². The Morgan fingerprint density at radius 1 is 1.23 bits per heavy atom. The van der Waals surface area contributed by atoms with Crippen molar-refractivity contribution < 1.29 is 0 Å². The van der Waals surface area contributed by atoms with E-state index in [1.54, 1.807) is 0 Å². The fourth-order valence-corrected chi connectivity index (χ4v) is 1.38. The molecule has 1 atom stereocenters. The van der Waals surface area contributed by atoms with Gasteiger partial charge in [-0.25, -0.2) is 0 Å². The van der Waals surface area contributed by atoms with Gasteiger partial charge in [-0.3, -0.25) is 0 Å². The lowest BCUT2D eigenvalue weighted by molar-refractivity contribution is 1.11. The van der Waals surface area contributed by atoms with Gasteiger partial charge in [0.15, 0.2) is 0 Å². The summed E-state index contributed by atoms with van der Waals surface area (Å²) in [6.45, 7) is 9.57. The van der Waals surface area contributed by atoms with Crippen molar-refractivity contribution in [3.63, 3.8) is 0 Å². The number of thiol groups is 1. The maximum Gasteiger partial charge on any atom is 0.0239 e. The van der Waals surface area contributed by atoms with Gasteiger partial charge in [-0.15, -0.1) is 0 Å². The van der Waals surface area contributed by atoms with Gasteiger partial charge in [0.2, 0.25) is 0 Å². The minimum atomic E-state index is 0.262. The second kappa shape index (κ2) is 4.33. The maximum atomic E-state index is 4.38. The Hall–Kier alpha value is -0.950. The fraction of sp³-hybridized carbons (Fsp3) is 0.167. The van der Waals surface area contributed by atoms with Crippen LogP contribution in [0.2, 0.25) is 0 Å². The summed E-state index contributed by atoms with van der Waals surface area (Å²) in [5.74, 6) is 0. The zero-order chi connectivity index (χ0) is 9.84. The first-order valence-electron chi connectivity index (χ1n) is 4.26. The Morgan fingerprint density at radius 3 is 2.31 bits per heavy atom. The van der Waals surface area contributed by atoms with Crippen molar-refractivity contribution in [1.82, 2.24) is 0 Å². The predicted octanol–water partition coefficient (Wildman–Crippen LogP) is 3.96. The minimum absolute atomic E-state index is 0.262. The van der Waals surface area contributed by atoms with Crippen LogP contribution < -0.4 is 0 Å². The summed E-state index contributed by atoms with van der Waals surface area (Å²) in [5.41, 5.74) is 3.45. The fourth-order valence-electron chi connectivity index (χ4n) is 1.22. The van der Waals surface area contributed by atoms with Crippen LogP contribution in [0.15, 0.2) is 31.4 Å². The molecular formula is C12H14S. The molecule has 0 aliphatic heterocycles. The third-order valence-corrected chi connectivity index (χ3v) is 2.33. The van der Waals surface area contributed by atoms with Gasteiger partial charge < -0.3 is 0 Å². The van der Waals surface area contributed by atoms with Crippen molar-refractivity contribution >= 4 is 24.8 Å². The standard InChI is InChI=1S/C12H14S/c1-4-10-6-7-12(9(3)13)8-11(10)5-2/h4-9,13H,1-2H2,3H3/t9-/m0/s1. The average molecular weight is 190 g/mol. The Balaban J connectivity index is 3.20. The van der Waals surface area contributed by atoms with Crippen LogP contribution in [0, 0.1) is 0 Å². The van der Waals surface area contributed by atoms with Gasteiger partial charge in [-0.05, 0) is 23.6 Å². The summed E-state index contributed by atoms with van der Waals surface area (Å²) in [6, 6.07) is 6.22. The summed E-state index contributed by atoms with van der Waals surface area (Å²) in [7, 11) is 0. The highest BCUT2D eigenvalue weighted by molar-refractivity contribution is 7.80. The van der Waals surface area contributed by atoms with Crippen LogP contribution in [0.4, 0.5) is 0 Å². The molecule has 0 aliphatic carbocycles. The Bertz CT molecular complexity index is 324. The van der Waals surface area contributed by atoms with Gasteiger partial charge in [0.05, 0.1) is 0 Å². The highest BCUT2D eigenvalue weighted by Crippen LogP contribution is 2.22. The van der Waals surface area contributed by atoms with Crippen molar-refractivity contribution in [3.8, 4) is 0 Å². The Labute approximate surface area is 85.4 Å². The quantitative estimate of drug-likeness (QED) is 0.685. The summed E-state index contributed by atoms with van der Waals surface area (Å²) in [4.78, 5) is 0. The molecule has 0 N–H and O–H groups in total. The molecule has 1 aromatic rings. The van der Waals surface area contributed by atoms with Gasteiger partial charge in [-0.1, -0.05) is 43.5 Å². The van der Waals surface area contributed by atoms with E-state index in [0.29, 0.717) is 0 Å². The third-order valence-electron chi connectivity index (χ3n) is 2.03. The molecule has 0 fully saturated rings. The van der Waals surface area contributed by atoms with Gasteiger partial charge in [-0.2, -0.15) is 12.6 Å². The highest BCUT2D eigenvalue weighted by atomic mass is 32.1. The SMILES string of the molecule is C=Cc1ccc([C@H](C)S)cc1C=C. The molecule has 1 heteroatoms. The number of rotatable bonds is 3. The zero-order valence-electron chi connectivity index (χ0n) is 7.83. The normalized spacial score (nSPS) is 12.2. The topological polar surface area (TPSA) is 0 Å². The summed E-state index contributed by atoms with van der Waals surface area (Å²) >= 11 is 4.38. The molecule has 0 saturated carbocycles. The lowest BCUT2D eigenvalue weighted by Gasteiger charge is -2.07. The van der Waals surface area contributed by atoms with Gasteiger partial charge >= 0.3 is 0 Å². The zero-order valence-corrected chi connectivity index (χ0v) is 8.72. The first kappa shape index (κ1) is 10.1. The van der Waals surface area contributed by atoms with Crippen molar-refractivity contribution in [2.45, 2.75) is 12.2 Å². The molecular weight excluding hydrogens is 176 g/mol. The van der Waals surface area contributed by atoms with E-state index in [0.717, 1.165) is 11.1 Å². The monoisotopic (exact) mass is 190 g/mol. The molecule has 68 valence electrons. The Morgan fingerprint density at radius 2 is 1.85 bits per heavy atom. The van der Waals surface area contributed by atoms with E-state index in [-0.39, 0.29) is 5.25 Å². The number of hydrogen-bond acceptors (Lipinski definition) is 1. The van der Waals surface area contributed by atoms with Crippen molar-refractivity contribution in [1.29, 1.82) is 0 Å². The number of hydrogen-bond donors (Lipinski definition) is 1. The van der Waals surface area contributed by atoms with Crippen LogP contribution in [0.5, 0.6) is 0 Å². The lowest BCUT2D eigenvalue weighted by Crippen LogP contribution is -1.87. The van der Waals surface area contributed by atoms with E-state index in [1.807, 2.05) is 18.2 Å². The van der Waals surface area contributed by atoms with E-state index >= 15 is 0 Å². The van der Waals surface area contributed by atoms with E-state index in [4.69, 9.17) is 0 Å². The molecule has 0 heterocycles. The molecule has 0 radical (unpaired) electrons. The van der Waals surface area contributed by atoms with E-state index in [2.05, 4.69) is 44.8 Å². The average Bonchev–Trinajstić information content (AvgIpc) is 2.16. The lowest BCUT2D eigenvalue weighted by atomic mass is 10.0. The van der Waals surface area contributed by atoms with E-state index in [1.165, 1.54) is 5.56 Å². The predicted molar refractivity (Wildman–Crippen MR) is 64.0 cm³/mol. The second-order valence-corrected chi connectivity index (χ2v) is 3.75. The molecule has 0 spiro atoms. The first-order valence-corrected chi connectivity index (χ1v) is 4.77. The van der Waals surface area contributed by atoms with Crippen LogP contribution in [0.1, 0.15) is 28.9 Å². The molecule has 1 aromatic carbocycles. The van der Waals surface area contributed by atoms with Crippen molar-refractivity contribution in [2.24, 2.45) is 0 Å². The van der Waals surface area contributed by atoms with Crippen LogP contribution in [-0.4, -0.2) is 0 Å². The molecule has 0 unspecified atom stereocenters. The number of benzene rings is 1. The van der Waals surface area contributed by atoms with Gasteiger partial charge in [0.25, 0.3) is 0 Å². The molecule has 0 saturated heterocycles. The van der Waals surface area contributed by atoms with Crippen LogP contribution in [-0.2, 0) is 0 Å². The Kier molecular flexibility index (Phi) is 3.38. The second-order valence-electron chi connectivity index (χ2n) is 2.97. The van der Waals surface area contributed by atoms with Crippen molar-refractivity contribution in [2.75, 3.05) is 0 Å². The first-order chi connectivity index (χ1) is 6.19. The van der Waals surface area contributed by atoms with E-state index < -0.39 is 0 Å². The summed E-state index contributed by atoms with van der Waals surface area (Å²) in [6.07, 6.45) is 3.68. The third kappa shape index (κ3) is 2.25. The summed E-state index contributed by atoms with van der Waals surface area (Å²) < 4.78 is 0. The molecule has 0 nitrogen and oxygen atoms in total. The molecule has 0 amide bonds. The minimum Gasteiger partial charge on any atom is -0.171 e.